The van der Waals surface area contributed by atoms with Gasteiger partial charge < -0.3 is 14.5 Å². The number of sulfonamides is 1. The molecule has 1 aromatic heterocycles. The molecule has 1 amide bonds. The molecule has 0 bridgehead atoms. The molecule has 7 nitrogen and oxygen atoms in total. The van der Waals surface area contributed by atoms with Crippen molar-refractivity contribution in [1.29, 1.82) is 0 Å². The van der Waals surface area contributed by atoms with Crippen LogP contribution in [0.1, 0.15) is 23.9 Å². The van der Waals surface area contributed by atoms with E-state index < -0.39 is 15.9 Å². The van der Waals surface area contributed by atoms with Gasteiger partial charge in [0.15, 0.2) is 10.4 Å². The molecule has 0 aliphatic heterocycles. The first-order valence-electron chi connectivity index (χ1n) is 5.41. The minimum Gasteiger partial charge on any atom is -0.443 e. The van der Waals surface area contributed by atoms with Crippen LogP contribution in [0.15, 0.2) is 20.0 Å². The van der Waals surface area contributed by atoms with Crippen LogP contribution in [0.5, 0.6) is 0 Å². The topological polar surface area (TPSA) is 112 Å². The fraction of sp³-hybridized carbons (Fsp3) is 0.500. The summed E-state index contributed by atoms with van der Waals surface area (Å²) < 4.78 is 32.3. The van der Waals surface area contributed by atoms with Gasteiger partial charge in [0.25, 0.3) is 5.91 Å². The zero-order valence-electron chi connectivity index (χ0n) is 10.5. The van der Waals surface area contributed by atoms with Crippen molar-refractivity contribution in [2.24, 2.45) is 5.14 Å². The molecule has 1 aromatic rings. The number of halogens is 1. The lowest BCUT2D eigenvalue weighted by Gasteiger charge is -2.14. The van der Waals surface area contributed by atoms with Crippen molar-refractivity contribution >= 4 is 31.9 Å². The molecule has 0 aliphatic rings. The maximum absolute atomic E-state index is 11.9. The molecule has 0 aromatic carbocycles. The lowest BCUT2D eigenvalue weighted by molar-refractivity contribution is 0.0866. The molecule has 1 rings (SSSR count). The highest BCUT2D eigenvalue weighted by atomic mass is 79.9. The van der Waals surface area contributed by atoms with Crippen LogP contribution in [0.25, 0.3) is 0 Å². The largest absolute Gasteiger partial charge is 0.443 e. The Morgan fingerprint density at radius 1 is 1.63 bits per heavy atom. The number of nitrogens with two attached hydrogens (primary N) is 1. The van der Waals surface area contributed by atoms with Gasteiger partial charge >= 0.3 is 0 Å². The summed E-state index contributed by atoms with van der Waals surface area (Å²) in [5.41, 5.74) is 0. The second kappa shape index (κ2) is 6.51. The van der Waals surface area contributed by atoms with Gasteiger partial charge in [-0.15, -0.1) is 0 Å². The Kier molecular flexibility index (Phi) is 5.53. The zero-order chi connectivity index (χ0) is 14.6. The third kappa shape index (κ3) is 4.30. The van der Waals surface area contributed by atoms with E-state index in [4.69, 9.17) is 14.3 Å². The number of hydrogen-bond donors (Lipinski definition) is 2. The molecule has 1 atom stereocenters. The van der Waals surface area contributed by atoms with Crippen LogP contribution in [0.2, 0.25) is 0 Å². The summed E-state index contributed by atoms with van der Waals surface area (Å²) in [6.07, 6.45) is 0.670. The third-order valence-corrected chi connectivity index (χ3v) is 4.15. The Morgan fingerprint density at radius 2 is 2.26 bits per heavy atom. The van der Waals surface area contributed by atoms with Crippen molar-refractivity contribution in [3.8, 4) is 0 Å². The summed E-state index contributed by atoms with van der Waals surface area (Å²) in [5, 5.41) is 7.64. The molecule has 19 heavy (non-hydrogen) atoms. The normalized spacial score (nSPS) is 13.3. The van der Waals surface area contributed by atoms with E-state index in [-0.39, 0.29) is 21.4 Å². The smallest absolute Gasteiger partial charge is 0.287 e. The van der Waals surface area contributed by atoms with Crippen molar-refractivity contribution in [2.75, 3.05) is 13.7 Å². The van der Waals surface area contributed by atoms with Crippen LogP contribution >= 0.6 is 15.9 Å². The van der Waals surface area contributed by atoms with Gasteiger partial charge in [-0.3, -0.25) is 4.79 Å². The molecule has 0 saturated heterocycles. The summed E-state index contributed by atoms with van der Waals surface area (Å²) in [6, 6.07) is 0.896. The van der Waals surface area contributed by atoms with Gasteiger partial charge in [0.05, 0.1) is 12.6 Å². The van der Waals surface area contributed by atoms with Crippen LogP contribution in [-0.2, 0) is 14.8 Å². The van der Waals surface area contributed by atoms with Gasteiger partial charge in [-0.2, -0.15) is 0 Å². The first kappa shape index (κ1) is 16.2. The van der Waals surface area contributed by atoms with E-state index in [1.165, 1.54) is 7.11 Å². The highest BCUT2D eigenvalue weighted by Gasteiger charge is 2.23. The van der Waals surface area contributed by atoms with E-state index in [0.29, 0.717) is 13.0 Å². The predicted molar refractivity (Wildman–Crippen MR) is 71.2 cm³/mol. The number of hydrogen-bond acceptors (Lipinski definition) is 5. The van der Waals surface area contributed by atoms with Crippen molar-refractivity contribution in [3.63, 3.8) is 0 Å². The Hall–Kier alpha value is -0.900. The summed E-state index contributed by atoms with van der Waals surface area (Å²) in [6.45, 7) is 2.24. The summed E-state index contributed by atoms with van der Waals surface area (Å²) in [5.74, 6) is -0.662. The molecule has 1 heterocycles. The molecule has 0 spiro atoms. The van der Waals surface area contributed by atoms with Gasteiger partial charge in [0.2, 0.25) is 10.0 Å². The van der Waals surface area contributed by atoms with Crippen LogP contribution < -0.4 is 10.5 Å². The van der Waals surface area contributed by atoms with Crippen LogP contribution in [0.3, 0.4) is 0 Å². The highest BCUT2D eigenvalue weighted by molar-refractivity contribution is 9.10. The van der Waals surface area contributed by atoms with E-state index in [0.717, 1.165) is 6.07 Å². The van der Waals surface area contributed by atoms with E-state index >= 15 is 0 Å². The van der Waals surface area contributed by atoms with E-state index in [2.05, 4.69) is 21.2 Å². The highest BCUT2D eigenvalue weighted by Crippen LogP contribution is 2.25. The maximum Gasteiger partial charge on any atom is 0.287 e. The zero-order valence-corrected chi connectivity index (χ0v) is 12.9. The van der Waals surface area contributed by atoms with Crippen LogP contribution in [0.4, 0.5) is 0 Å². The van der Waals surface area contributed by atoms with Gasteiger partial charge in [-0.05, 0) is 22.4 Å². The molecular formula is C10H15BrN2O5S. The second-order valence-corrected chi connectivity index (χ2v) is 6.08. The van der Waals surface area contributed by atoms with Gasteiger partial charge in [-0.25, -0.2) is 13.6 Å². The molecule has 0 aliphatic carbocycles. The number of rotatable bonds is 6. The molecule has 0 saturated carbocycles. The standard InChI is InChI=1S/C10H15BrN2O5S/c1-3-6(5-17-2)13-10(14)7-4-8(9(11)18-7)19(12,15)16/h4,6H,3,5H2,1-2H3,(H,13,14)(H2,12,15,16). The SMILES string of the molecule is CCC(COC)NC(=O)c1cc(S(N)(=O)=O)c(Br)o1. The number of carbonyl (C=O) groups excluding carboxylic acids is 1. The Morgan fingerprint density at radius 3 is 2.68 bits per heavy atom. The lowest BCUT2D eigenvalue weighted by Crippen LogP contribution is -2.37. The van der Waals surface area contributed by atoms with E-state index in [1.807, 2.05) is 6.92 Å². The average Bonchev–Trinajstić information content (AvgIpc) is 2.70. The van der Waals surface area contributed by atoms with Gasteiger partial charge in [0, 0.05) is 13.2 Å². The summed E-state index contributed by atoms with van der Waals surface area (Å²) in [4.78, 5) is 11.6. The summed E-state index contributed by atoms with van der Waals surface area (Å²) in [7, 11) is -2.41. The van der Waals surface area contributed by atoms with Crippen molar-refractivity contribution in [3.05, 3.63) is 16.5 Å². The molecule has 0 fully saturated rings. The van der Waals surface area contributed by atoms with Crippen molar-refractivity contribution in [2.45, 2.75) is 24.3 Å². The van der Waals surface area contributed by atoms with Gasteiger partial charge in [0.1, 0.15) is 4.90 Å². The molecule has 9 heteroatoms. The third-order valence-electron chi connectivity index (χ3n) is 2.38. The number of methoxy groups -OCH3 is 1. The number of furan rings is 1. The number of nitrogens with one attached hydrogen (secondary N) is 1. The van der Waals surface area contributed by atoms with E-state index in [9.17, 15) is 13.2 Å². The van der Waals surface area contributed by atoms with E-state index in [1.54, 1.807) is 0 Å². The Labute approximate surface area is 119 Å². The Bertz CT molecular complexity index is 554. The summed E-state index contributed by atoms with van der Waals surface area (Å²) >= 11 is 2.90. The van der Waals surface area contributed by atoms with Crippen molar-refractivity contribution in [1.82, 2.24) is 5.32 Å². The minimum atomic E-state index is -3.94. The monoisotopic (exact) mass is 354 g/mol. The van der Waals surface area contributed by atoms with Crippen molar-refractivity contribution < 1.29 is 22.4 Å². The molecule has 0 radical (unpaired) electrons. The molecule has 108 valence electrons. The maximum atomic E-state index is 11.9. The number of ether oxygens (including phenoxy) is 1. The van der Waals surface area contributed by atoms with Crippen LogP contribution in [0, 0.1) is 0 Å². The first-order chi connectivity index (χ1) is 8.79. The average molecular weight is 355 g/mol. The molecular weight excluding hydrogens is 340 g/mol. The number of carbonyl (C=O) groups is 1. The first-order valence-corrected chi connectivity index (χ1v) is 7.75. The van der Waals surface area contributed by atoms with Crippen LogP contribution in [-0.4, -0.2) is 34.1 Å². The fourth-order valence-electron chi connectivity index (χ4n) is 1.38. The molecule has 3 N–H and O–H groups in total. The molecule has 1 unspecified atom stereocenters. The lowest BCUT2D eigenvalue weighted by atomic mass is 10.2. The Balaban J connectivity index is 2.90. The number of amides is 1. The number of primary sulfonamides is 1. The van der Waals surface area contributed by atoms with Gasteiger partial charge in [-0.1, -0.05) is 6.92 Å². The second-order valence-electron chi connectivity index (χ2n) is 3.83. The minimum absolute atomic E-state index is 0.0973. The quantitative estimate of drug-likeness (QED) is 0.786. The fourth-order valence-corrected chi connectivity index (χ4v) is 2.88. The predicted octanol–water partition coefficient (Wildman–Crippen LogP) is 0.844.